The highest BCUT2D eigenvalue weighted by Gasteiger charge is 2.11. The van der Waals surface area contributed by atoms with Crippen LogP contribution < -0.4 is 0 Å². The van der Waals surface area contributed by atoms with Crippen molar-refractivity contribution >= 4 is 27.7 Å². The van der Waals surface area contributed by atoms with Crippen LogP contribution in [0.15, 0.2) is 22.8 Å². The van der Waals surface area contributed by atoms with Crippen LogP contribution in [0.2, 0.25) is 0 Å². The molecule has 1 rings (SSSR count). The molecule has 0 atom stereocenters. The van der Waals surface area contributed by atoms with Gasteiger partial charge in [0.25, 0.3) is 0 Å². The van der Waals surface area contributed by atoms with E-state index in [9.17, 15) is 9.59 Å². The van der Waals surface area contributed by atoms with Crippen molar-refractivity contribution in [2.24, 2.45) is 0 Å². The number of carboxylic acid groups (broad SMARTS) is 1. The van der Waals surface area contributed by atoms with Crippen LogP contribution in [0.4, 0.5) is 0 Å². The zero-order chi connectivity index (χ0) is 11.3. The predicted molar refractivity (Wildman–Crippen MR) is 57.8 cm³/mol. The SMILES string of the molecule is O=C(O)CCCC(=O)c1ncccc1Br. The lowest BCUT2D eigenvalue weighted by atomic mass is 10.1. The van der Waals surface area contributed by atoms with Crippen LogP contribution in [0, 0.1) is 0 Å². The number of carbonyl (C=O) groups excluding carboxylic acids is 1. The van der Waals surface area contributed by atoms with Gasteiger partial charge in [-0.15, -0.1) is 0 Å². The Balaban J connectivity index is 2.54. The number of carboxylic acids is 1. The molecule has 4 nitrogen and oxygen atoms in total. The van der Waals surface area contributed by atoms with E-state index in [1.807, 2.05) is 0 Å². The van der Waals surface area contributed by atoms with Gasteiger partial charge in [-0.2, -0.15) is 0 Å². The van der Waals surface area contributed by atoms with Gasteiger partial charge in [0.1, 0.15) is 5.69 Å². The number of aromatic nitrogens is 1. The Morgan fingerprint density at radius 2 is 2.13 bits per heavy atom. The van der Waals surface area contributed by atoms with Crippen molar-refractivity contribution in [3.05, 3.63) is 28.5 Å². The van der Waals surface area contributed by atoms with Crippen molar-refractivity contribution in [1.29, 1.82) is 0 Å². The molecule has 0 aromatic carbocycles. The standard InChI is InChI=1S/C10H10BrNO3/c11-7-3-2-6-12-10(7)8(13)4-1-5-9(14)15/h2-3,6H,1,4-5H2,(H,14,15). The maximum atomic E-state index is 11.6. The number of pyridine rings is 1. The van der Waals surface area contributed by atoms with E-state index in [1.54, 1.807) is 12.1 Å². The summed E-state index contributed by atoms with van der Waals surface area (Å²) >= 11 is 3.22. The van der Waals surface area contributed by atoms with E-state index >= 15 is 0 Å². The predicted octanol–water partition coefficient (Wildman–Crippen LogP) is 2.28. The summed E-state index contributed by atoms with van der Waals surface area (Å²) in [6.07, 6.45) is 2.10. The number of halogens is 1. The molecule has 0 aliphatic heterocycles. The second kappa shape index (κ2) is 5.60. The molecule has 15 heavy (non-hydrogen) atoms. The van der Waals surface area contributed by atoms with Crippen molar-refractivity contribution in [2.75, 3.05) is 0 Å². The number of hydrogen-bond acceptors (Lipinski definition) is 3. The largest absolute Gasteiger partial charge is 0.481 e. The van der Waals surface area contributed by atoms with Crippen LogP contribution in [0.3, 0.4) is 0 Å². The average molecular weight is 272 g/mol. The van der Waals surface area contributed by atoms with Gasteiger partial charge in [0.2, 0.25) is 0 Å². The van der Waals surface area contributed by atoms with E-state index in [0.717, 1.165) is 0 Å². The molecule has 1 heterocycles. The normalized spacial score (nSPS) is 9.93. The molecule has 1 aromatic heterocycles. The number of hydrogen-bond donors (Lipinski definition) is 1. The Kier molecular flexibility index (Phi) is 4.42. The summed E-state index contributed by atoms with van der Waals surface area (Å²) in [5.74, 6) is -1.02. The Bertz CT molecular complexity index is 379. The third-order valence-electron chi connectivity index (χ3n) is 1.82. The molecule has 1 N–H and O–H groups in total. The molecule has 0 radical (unpaired) electrons. The van der Waals surface area contributed by atoms with Gasteiger partial charge in [0, 0.05) is 23.5 Å². The summed E-state index contributed by atoms with van der Waals surface area (Å²) in [6.45, 7) is 0. The fourth-order valence-electron chi connectivity index (χ4n) is 1.11. The van der Waals surface area contributed by atoms with Gasteiger partial charge in [-0.25, -0.2) is 0 Å². The lowest BCUT2D eigenvalue weighted by Gasteiger charge is -2.00. The zero-order valence-electron chi connectivity index (χ0n) is 7.94. The van der Waals surface area contributed by atoms with Crippen LogP contribution in [0.1, 0.15) is 29.8 Å². The van der Waals surface area contributed by atoms with Crippen LogP contribution in [0.5, 0.6) is 0 Å². The summed E-state index contributed by atoms with van der Waals surface area (Å²) < 4.78 is 0.644. The summed E-state index contributed by atoms with van der Waals surface area (Å²) in [6, 6.07) is 3.45. The summed E-state index contributed by atoms with van der Waals surface area (Å²) in [7, 11) is 0. The smallest absolute Gasteiger partial charge is 0.303 e. The third-order valence-corrected chi connectivity index (χ3v) is 2.46. The molecule has 0 bridgehead atoms. The Hall–Kier alpha value is -1.23. The fraction of sp³-hybridized carbons (Fsp3) is 0.300. The third kappa shape index (κ3) is 3.79. The van der Waals surface area contributed by atoms with Gasteiger partial charge in [0.05, 0.1) is 0 Å². The van der Waals surface area contributed by atoms with E-state index < -0.39 is 5.97 Å². The molecule has 1 aromatic rings. The fourth-order valence-corrected chi connectivity index (χ4v) is 1.59. The molecule has 5 heteroatoms. The Morgan fingerprint density at radius 1 is 1.40 bits per heavy atom. The first-order valence-corrected chi connectivity index (χ1v) is 5.26. The van der Waals surface area contributed by atoms with E-state index in [2.05, 4.69) is 20.9 Å². The molecule has 0 aliphatic rings. The number of ketones is 1. The van der Waals surface area contributed by atoms with E-state index in [4.69, 9.17) is 5.11 Å². The number of aliphatic carboxylic acids is 1. The van der Waals surface area contributed by atoms with Gasteiger partial charge in [-0.1, -0.05) is 0 Å². The monoisotopic (exact) mass is 271 g/mol. The van der Waals surface area contributed by atoms with Crippen molar-refractivity contribution in [1.82, 2.24) is 4.98 Å². The molecule has 0 spiro atoms. The van der Waals surface area contributed by atoms with E-state index in [1.165, 1.54) is 6.20 Å². The molecule has 80 valence electrons. The minimum atomic E-state index is -0.886. The Labute approximate surface area is 95.5 Å². The topological polar surface area (TPSA) is 67.3 Å². The van der Waals surface area contributed by atoms with Gasteiger partial charge in [-0.05, 0) is 34.5 Å². The van der Waals surface area contributed by atoms with Crippen LogP contribution in [-0.2, 0) is 4.79 Å². The lowest BCUT2D eigenvalue weighted by Crippen LogP contribution is -2.04. The van der Waals surface area contributed by atoms with Gasteiger partial charge in [-0.3, -0.25) is 14.6 Å². The number of carbonyl (C=O) groups is 2. The molecule has 0 unspecified atom stereocenters. The van der Waals surface area contributed by atoms with E-state index in [-0.39, 0.29) is 18.6 Å². The minimum Gasteiger partial charge on any atom is -0.481 e. The highest BCUT2D eigenvalue weighted by Crippen LogP contribution is 2.15. The maximum Gasteiger partial charge on any atom is 0.303 e. The number of rotatable bonds is 5. The van der Waals surface area contributed by atoms with Gasteiger partial charge >= 0.3 is 5.97 Å². The maximum absolute atomic E-state index is 11.6. The quantitative estimate of drug-likeness (QED) is 0.835. The van der Waals surface area contributed by atoms with Gasteiger partial charge < -0.3 is 5.11 Å². The van der Waals surface area contributed by atoms with Crippen molar-refractivity contribution in [3.63, 3.8) is 0 Å². The lowest BCUT2D eigenvalue weighted by molar-refractivity contribution is -0.137. The van der Waals surface area contributed by atoms with Crippen LogP contribution in [0.25, 0.3) is 0 Å². The van der Waals surface area contributed by atoms with Crippen molar-refractivity contribution in [3.8, 4) is 0 Å². The van der Waals surface area contributed by atoms with Gasteiger partial charge in [0.15, 0.2) is 5.78 Å². The van der Waals surface area contributed by atoms with Crippen LogP contribution in [-0.4, -0.2) is 21.8 Å². The molecular weight excluding hydrogens is 262 g/mol. The number of nitrogens with zero attached hydrogens (tertiary/aromatic N) is 1. The second-order valence-electron chi connectivity index (χ2n) is 3.00. The molecular formula is C10H10BrNO3. The molecule has 0 saturated carbocycles. The van der Waals surface area contributed by atoms with Crippen molar-refractivity contribution < 1.29 is 14.7 Å². The van der Waals surface area contributed by atoms with Crippen molar-refractivity contribution in [2.45, 2.75) is 19.3 Å². The average Bonchev–Trinajstić information content (AvgIpc) is 2.17. The first-order chi connectivity index (χ1) is 7.11. The minimum absolute atomic E-state index is 0.0101. The zero-order valence-corrected chi connectivity index (χ0v) is 9.53. The number of Topliss-reactive ketones (excluding diaryl/α,β-unsaturated/α-hetero) is 1. The summed E-state index contributed by atoms with van der Waals surface area (Å²) in [5.41, 5.74) is 0.364. The first kappa shape index (κ1) is 11.8. The highest BCUT2D eigenvalue weighted by molar-refractivity contribution is 9.10. The molecule has 0 fully saturated rings. The summed E-state index contributed by atoms with van der Waals surface area (Å²) in [5, 5.41) is 8.42. The summed E-state index contributed by atoms with van der Waals surface area (Å²) in [4.78, 5) is 25.7. The van der Waals surface area contributed by atoms with E-state index in [0.29, 0.717) is 16.6 Å². The molecule has 0 saturated heterocycles. The Morgan fingerprint density at radius 3 is 2.73 bits per heavy atom. The molecule has 0 amide bonds. The first-order valence-electron chi connectivity index (χ1n) is 4.47. The highest BCUT2D eigenvalue weighted by atomic mass is 79.9. The van der Waals surface area contributed by atoms with Crippen LogP contribution >= 0.6 is 15.9 Å². The second-order valence-corrected chi connectivity index (χ2v) is 3.86. The molecule has 0 aliphatic carbocycles.